The van der Waals surface area contributed by atoms with E-state index in [0.29, 0.717) is 0 Å². The first kappa shape index (κ1) is 28.7. The molecule has 1 aliphatic heterocycles. The molecule has 0 amide bonds. The van der Waals surface area contributed by atoms with Crippen molar-refractivity contribution in [2.75, 3.05) is 0 Å². The Morgan fingerprint density at radius 1 is 0.400 bits per heavy atom. The summed E-state index contributed by atoms with van der Waals surface area (Å²) in [5, 5.41) is 7.99. The van der Waals surface area contributed by atoms with Gasteiger partial charge >= 0.3 is 0 Å². The van der Waals surface area contributed by atoms with Gasteiger partial charge in [0.25, 0.3) is 0 Å². The Morgan fingerprint density at radius 3 is 2.00 bits per heavy atom. The molecular weight excluding hydrogens is 683 g/mol. The molecule has 1 unspecified atom stereocenters. The lowest BCUT2D eigenvalue weighted by Gasteiger charge is -2.40. The summed E-state index contributed by atoms with van der Waals surface area (Å²) in [6.45, 7) is 0. The third-order valence-corrected chi connectivity index (χ3v) is 14.3. The van der Waals surface area contributed by atoms with E-state index < -0.39 is 5.41 Å². The van der Waals surface area contributed by atoms with Gasteiger partial charge < -0.3 is 4.57 Å². The first-order valence-corrected chi connectivity index (χ1v) is 20.0. The van der Waals surface area contributed by atoms with Gasteiger partial charge in [0.1, 0.15) is 0 Å². The second kappa shape index (κ2) is 9.86. The van der Waals surface area contributed by atoms with Gasteiger partial charge in [0.05, 0.1) is 22.1 Å². The van der Waals surface area contributed by atoms with Crippen LogP contribution in [0.3, 0.4) is 0 Å². The van der Waals surface area contributed by atoms with Gasteiger partial charge in [-0.2, -0.15) is 0 Å². The summed E-state index contributed by atoms with van der Waals surface area (Å²) in [4.78, 5) is 0. The molecule has 9 aromatic carbocycles. The smallest absolute Gasteiger partial charge is 0.0755 e. The number of nitrogens with zero attached hydrogens (tertiary/aromatic N) is 1. The van der Waals surface area contributed by atoms with E-state index in [1.807, 2.05) is 11.3 Å². The lowest BCUT2D eigenvalue weighted by atomic mass is 9.65. The number of thiophene rings is 1. The van der Waals surface area contributed by atoms with Crippen LogP contribution in [0.15, 0.2) is 176 Å². The molecule has 0 N–H and O–H groups in total. The molecule has 55 heavy (non-hydrogen) atoms. The van der Waals surface area contributed by atoms with Gasteiger partial charge in [-0.25, -0.2) is 0 Å². The second-order valence-corrected chi connectivity index (χ2v) is 16.5. The standard InChI is InChI=1S/C53H29NS/c1-2-13-33-32(12-1)36-17-10-20-40-49(36)41(33)29-45-50(40)39-27-26-30(31-16-9-19-38-35-15-4-8-25-48(35)55-52(31)38)28-44(39)53(45)42-21-5-7-24-47(42)54-46-23-6-3-14-34(46)37-18-11-22-43(53)51(37)54/h1-29H. The third kappa shape index (κ3) is 3.26. The molecule has 11 aromatic rings. The lowest BCUT2D eigenvalue weighted by molar-refractivity contribution is 0.749. The molecule has 0 saturated carbocycles. The zero-order chi connectivity index (χ0) is 35.6. The zero-order valence-electron chi connectivity index (χ0n) is 29.6. The van der Waals surface area contributed by atoms with Crippen LogP contribution in [-0.2, 0) is 5.41 Å². The van der Waals surface area contributed by atoms with Crippen molar-refractivity contribution in [3.8, 4) is 50.2 Å². The molecule has 1 spiro atoms. The summed E-state index contributed by atoms with van der Waals surface area (Å²) < 4.78 is 5.23. The van der Waals surface area contributed by atoms with Crippen LogP contribution < -0.4 is 0 Å². The van der Waals surface area contributed by atoms with Crippen LogP contribution in [0.2, 0.25) is 0 Å². The molecule has 3 aliphatic rings. The van der Waals surface area contributed by atoms with E-state index in [1.54, 1.807) is 0 Å². The molecule has 0 radical (unpaired) electrons. The van der Waals surface area contributed by atoms with Crippen LogP contribution in [0.1, 0.15) is 22.3 Å². The zero-order valence-corrected chi connectivity index (χ0v) is 30.4. The van der Waals surface area contributed by atoms with E-state index in [0.717, 1.165) is 0 Å². The minimum absolute atomic E-state index is 0.548. The van der Waals surface area contributed by atoms with Crippen LogP contribution in [0.25, 0.3) is 103 Å². The fraction of sp³-hybridized carbons (Fsp3) is 0.0189. The van der Waals surface area contributed by atoms with Crippen molar-refractivity contribution < 1.29 is 0 Å². The maximum absolute atomic E-state index is 2.59. The number of hydrogen-bond donors (Lipinski definition) is 0. The molecule has 0 bridgehead atoms. The van der Waals surface area contributed by atoms with Gasteiger partial charge in [0.15, 0.2) is 0 Å². The predicted molar refractivity (Wildman–Crippen MR) is 232 cm³/mol. The molecule has 14 rings (SSSR count). The molecular formula is C53H29NS. The summed E-state index contributed by atoms with van der Waals surface area (Å²) >= 11 is 1.91. The number of hydrogen-bond acceptors (Lipinski definition) is 1. The summed E-state index contributed by atoms with van der Waals surface area (Å²) in [7, 11) is 0. The number of aromatic nitrogens is 1. The van der Waals surface area contributed by atoms with Crippen molar-refractivity contribution in [3.05, 3.63) is 198 Å². The molecule has 1 nitrogen and oxygen atoms in total. The topological polar surface area (TPSA) is 4.93 Å². The highest BCUT2D eigenvalue weighted by molar-refractivity contribution is 7.26. The quantitative estimate of drug-likeness (QED) is 0.160. The van der Waals surface area contributed by atoms with E-state index in [4.69, 9.17) is 0 Å². The Kier molecular flexibility index (Phi) is 5.15. The van der Waals surface area contributed by atoms with E-state index in [9.17, 15) is 0 Å². The fourth-order valence-corrected chi connectivity index (χ4v) is 12.3. The summed E-state index contributed by atoms with van der Waals surface area (Å²) in [5.41, 5.74) is 19.3. The fourth-order valence-electron chi connectivity index (χ4n) is 11.1. The van der Waals surface area contributed by atoms with Crippen LogP contribution in [0, 0.1) is 0 Å². The Labute approximate surface area is 321 Å². The predicted octanol–water partition coefficient (Wildman–Crippen LogP) is 14.3. The first-order chi connectivity index (χ1) is 27.3. The van der Waals surface area contributed by atoms with Gasteiger partial charge in [-0.05, 0) is 108 Å². The van der Waals surface area contributed by atoms with Gasteiger partial charge in [0, 0.05) is 30.9 Å². The highest BCUT2D eigenvalue weighted by Crippen LogP contribution is 2.65. The maximum atomic E-state index is 2.59. The highest BCUT2D eigenvalue weighted by atomic mass is 32.1. The molecule has 3 heterocycles. The van der Waals surface area contributed by atoms with Gasteiger partial charge in [-0.15, -0.1) is 11.3 Å². The van der Waals surface area contributed by atoms with Crippen molar-refractivity contribution in [3.63, 3.8) is 0 Å². The molecule has 2 aromatic heterocycles. The number of rotatable bonds is 1. The van der Waals surface area contributed by atoms with Crippen molar-refractivity contribution >= 4 is 64.1 Å². The number of fused-ring (bicyclic) bond motifs is 19. The largest absolute Gasteiger partial charge is 0.309 e. The molecule has 252 valence electrons. The van der Waals surface area contributed by atoms with E-state index in [1.165, 1.54) is 125 Å². The van der Waals surface area contributed by atoms with Gasteiger partial charge in [-0.1, -0.05) is 146 Å². The summed E-state index contributed by atoms with van der Waals surface area (Å²) in [5.74, 6) is 0. The average Bonchev–Trinajstić information content (AvgIpc) is 3.97. The van der Waals surface area contributed by atoms with E-state index in [2.05, 4.69) is 180 Å². The lowest BCUT2D eigenvalue weighted by Crippen LogP contribution is -2.33. The average molecular weight is 712 g/mol. The third-order valence-electron chi connectivity index (χ3n) is 13.1. The first-order valence-electron chi connectivity index (χ1n) is 19.2. The Morgan fingerprint density at radius 2 is 1.07 bits per heavy atom. The molecule has 1 atom stereocenters. The van der Waals surface area contributed by atoms with Crippen molar-refractivity contribution in [1.29, 1.82) is 0 Å². The second-order valence-electron chi connectivity index (χ2n) is 15.5. The number of para-hydroxylation sites is 3. The maximum Gasteiger partial charge on any atom is 0.0755 e. The number of benzene rings is 9. The normalized spacial score (nSPS) is 15.7. The van der Waals surface area contributed by atoms with E-state index in [-0.39, 0.29) is 0 Å². The van der Waals surface area contributed by atoms with Crippen LogP contribution >= 0.6 is 11.3 Å². The minimum atomic E-state index is -0.548. The highest BCUT2D eigenvalue weighted by Gasteiger charge is 2.52. The van der Waals surface area contributed by atoms with Gasteiger partial charge in [-0.3, -0.25) is 0 Å². The van der Waals surface area contributed by atoms with Crippen LogP contribution in [0.5, 0.6) is 0 Å². The molecule has 0 saturated heterocycles. The van der Waals surface area contributed by atoms with Crippen molar-refractivity contribution in [1.82, 2.24) is 4.57 Å². The monoisotopic (exact) mass is 711 g/mol. The van der Waals surface area contributed by atoms with Crippen molar-refractivity contribution in [2.24, 2.45) is 0 Å². The van der Waals surface area contributed by atoms with E-state index >= 15 is 0 Å². The van der Waals surface area contributed by atoms with Crippen LogP contribution in [-0.4, -0.2) is 4.57 Å². The summed E-state index contributed by atoms with van der Waals surface area (Å²) in [6, 6.07) is 67.0. The Bertz CT molecular complexity index is 3560. The SMILES string of the molecule is c1ccc2c(c1)-c1cccc3c4c(cc-2c13)C1(c2cc(-c3cccc5c3sc3ccccc35)ccc2-4)c2ccccc2-n2c3ccccc3c3cccc1c32. The summed E-state index contributed by atoms with van der Waals surface area (Å²) in [6.07, 6.45) is 0. The van der Waals surface area contributed by atoms with Crippen molar-refractivity contribution in [2.45, 2.75) is 5.41 Å². The molecule has 0 fully saturated rings. The Hall–Kier alpha value is -6.74. The molecule has 2 heteroatoms. The van der Waals surface area contributed by atoms with Gasteiger partial charge in [0.2, 0.25) is 0 Å². The molecule has 2 aliphatic carbocycles. The minimum Gasteiger partial charge on any atom is -0.309 e. The Balaban J connectivity index is 1.19. The van der Waals surface area contributed by atoms with Crippen LogP contribution in [0.4, 0.5) is 0 Å².